The zero-order chi connectivity index (χ0) is 13.4. The van der Waals surface area contributed by atoms with Crippen LogP contribution in [0.15, 0.2) is 43.0 Å². The monoisotopic (exact) mass is 265 g/mol. The summed E-state index contributed by atoms with van der Waals surface area (Å²) in [6, 6.07) is 8.87. The van der Waals surface area contributed by atoms with Crippen LogP contribution in [-0.4, -0.2) is 28.8 Å². The number of rotatable bonds is 7. The molecule has 0 bridgehead atoms. The summed E-state index contributed by atoms with van der Waals surface area (Å²) in [6.45, 7) is 3.29. The van der Waals surface area contributed by atoms with Gasteiger partial charge in [0.15, 0.2) is 0 Å². The van der Waals surface area contributed by atoms with Crippen molar-refractivity contribution in [3.8, 4) is 0 Å². The van der Waals surface area contributed by atoms with Gasteiger partial charge in [0.2, 0.25) is 5.91 Å². The van der Waals surface area contributed by atoms with E-state index in [0.717, 1.165) is 11.6 Å². The van der Waals surface area contributed by atoms with Crippen molar-refractivity contribution in [1.29, 1.82) is 0 Å². The number of amides is 1. The molecule has 5 heteroatoms. The molecule has 0 aliphatic carbocycles. The summed E-state index contributed by atoms with van der Waals surface area (Å²) in [7, 11) is 0. The molecule has 0 aliphatic heterocycles. The molecule has 1 amide bonds. The first-order valence-corrected chi connectivity index (χ1v) is 6.56. The van der Waals surface area contributed by atoms with Crippen LogP contribution >= 0.6 is 11.8 Å². The lowest BCUT2D eigenvalue weighted by Gasteiger charge is -2.12. The van der Waals surface area contributed by atoms with Gasteiger partial charge in [0.05, 0.1) is 0 Å². The number of carbonyl (C=O) groups excluding carboxylic acids is 1. The topological polar surface area (TPSA) is 66.4 Å². The predicted molar refractivity (Wildman–Crippen MR) is 72.4 cm³/mol. The van der Waals surface area contributed by atoms with E-state index in [9.17, 15) is 9.59 Å². The highest BCUT2D eigenvalue weighted by Gasteiger charge is 2.18. The van der Waals surface area contributed by atoms with Gasteiger partial charge in [0.25, 0.3) is 0 Å². The van der Waals surface area contributed by atoms with Crippen molar-refractivity contribution in [2.45, 2.75) is 11.8 Å². The third-order valence-corrected chi connectivity index (χ3v) is 3.30. The lowest BCUT2D eigenvalue weighted by Crippen LogP contribution is -2.41. The number of carboxylic acid groups (broad SMARTS) is 1. The maximum absolute atomic E-state index is 11.1. The average Bonchev–Trinajstić information content (AvgIpc) is 2.38. The largest absolute Gasteiger partial charge is 0.480 e. The summed E-state index contributed by atoms with van der Waals surface area (Å²) in [5.74, 6) is -0.466. The van der Waals surface area contributed by atoms with Gasteiger partial charge < -0.3 is 10.4 Å². The molecule has 1 rings (SSSR count). The molecule has 0 aromatic heterocycles. The summed E-state index contributed by atoms with van der Waals surface area (Å²) in [4.78, 5) is 22.0. The van der Waals surface area contributed by atoms with E-state index in [1.807, 2.05) is 30.3 Å². The maximum atomic E-state index is 11.1. The van der Waals surface area contributed by atoms with E-state index >= 15 is 0 Å². The van der Waals surface area contributed by atoms with E-state index in [2.05, 4.69) is 11.9 Å². The first kappa shape index (κ1) is 14.3. The lowest BCUT2D eigenvalue weighted by atomic mass is 10.2. The van der Waals surface area contributed by atoms with Crippen LogP contribution in [0.2, 0.25) is 0 Å². The van der Waals surface area contributed by atoms with Crippen molar-refractivity contribution in [3.63, 3.8) is 0 Å². The highest BCUT2D eigenvalue weighted by atomic mass is 32.2. The molecule has 0 heterocycles. The Morgan fingerprint density at radius 3 is 2.61 bits per heavy atom. The molecular formula is C13H15NO3S. The average molecular weight is 265 g/mol. The zero-order valence-corrected chi connectivity index (χ0v) is 10.7. The molecule has 0 saturated carbocycles. The summed E-state index contributed by atoms with van der Waals surface area (Å²) in [6.07, 6.45) is 1.07. The molecule has 0 fully saturated rings. The number of aliphatic carboxylic acids is 1. The quantitative estimate of drug-likeness (QED) is 0.736. The Bertz CT molecular complexity index is 420. The molecule has 0 spiro atoms. The Kier molecular flexibility index (Phi) is 6.00. The third-order valence-electron chi connectivity index (χ3n) is 2.20. The van der Waals surface area contributed by atoms with E-state index in [-0.39, 0.29) is 0 Å². The molecule has 1 atom stereocenters. The third kappa shape index (κ3) is 5.05. The van der Waals surface area contributed by atoms with Crippen LogP contribution in [0.1, 0.15) is 5.56 Å². The van der Waals surface area contributed by atoms with Gasteiger partial charge in [-0.1, -0.05) is 36.9 Å². The van der Waals surface area contributed by atoms with Gasteiger partial charge in [-0.25, -0.2) is 4.79 Å². The van der Waals surface area contributed by atoms with Gasteiger partial charge >= 0.3 is 5.97 Å². The summed E-state index contributed by atoms with van der Waals surface area (Å²) >= 11 is 1.47. The fraction of sp³-hybridized carbons (Fsp3) is 0.231. The van der Waals surface area contributed by atoms with Crippen molar-refractivity contribution in [2.75, 3.05) is 5.75 Å². The molecule has 1 aromatic rings. The minimum atomic E-state index is -1.04. The van der Waals surface area contributed by atoms with E-state index in [1.165, 1.54) is 11.8 Å². The van der Waals surface area contributed by atoms with Gasteiger partial charge in [-0.3, -0.25) is 4.79 Å². The van der Waals surface area contributed by atoms with Crippen molar-refractivity contribution in [2.24, 2.45) is 0 Å². The maximum Gasteiger partial charge on any atom is 0.327 e. The van der Waals surface area contributed by atoms with Crippen LogP contribution in [0.4, 0.5) is 0 Å². The van der Waals surface area contributed by atoms with Crippen LogP contribution < -0.4 is 5.32 Å². The molecule has 2 N–H and O–H groups in total. The SMILES string of the molecule is C=CC(=O)NC(CSCc1ccccc1)C(=O)O. The minimum absolute atomic E-state index is 0.323. The minimum Gasteiger partial charge on any atom is -0.480 e. The zero-order valence-electron chi connectivity index (χ0n) is 9.83. The van der Waals surface area contributed by atoms with Gasteiger partial charge in [0, 0.05) is 11.5 Å². The Morgan fingerprint density at radius 2 is 2.06 bits per heavy atom. The number of benzene rings is 1. The second kappa shape index (κ2) is 7.55. The molecule has 0 aliphatic rings. The normalized spacial score (nSPS) is 11.6. The number of hydrogen-bond acceptors (Lipinski definition) is 3. The van der Waals surface area contributed by atoms with Crippen molar-refractivity contribution >= 4 is 23.6 Å². The predicted octanol–water partition coefficient (Wildman–Crippen LogP) is 1.68. The fourth-order valence-corrected chi connectivity index (χ4v) is 2.28. The second-order valence-electron chi connectivity index (χ2n) is 3.60. The van der Waals surface area contributed by atoms with Crippen molar-refractivity contribution in [3.05, 3.63) is 48.6 Å². The van der Waals surface area contributed by atoms with E-state index < -0.39 is 17.9 Å². The van der Waals surface area contributed by atoms with Crippen LogP contribution in [0, 0.1) is 0 Å². The van der Waals surface area contributed by atoms with Gasteiger partial charge in [0.1, 0.15) is 6.04 Å². The van der Waals surface area contributed by atoms with Crippen LogP contribution in [-0.2, 0) is 15.3 Å². The standard InChI is InChI=1S/C13H15NO3S/c1-2-12(15)14-11(13(16)17)9-18-8-10-6-4-3-5-7-10/h2-7,11H,1,8-9H2,(H,14,15)(H,16,17). The van der Waals surface area contributed by atoms with Crippen LogP contribution in [0.25, 0.3) is 0 Å². The number of hydrogen-bond donors (Lipinski definition) is 2. The molecule has 1 aromatic carbocycles. The van der Waals surface area contributed by atoms with E-state index in [1.54, 1.807) is 0 Å². The number of thioether (sulfide) groups is 1. The van der Waals surface area contributed by atoms with E-state index in [0.29, 0.717) is 11.5 Å². The second-order valence-corrected chi connectivity index (χ2v) is 4.63. The van der Waals surface area contributed by atoms with Crippen molar-refractivity contribution in [1.82, 2.24) is 5.32 Å². The number of nitrogens with one attached hydrogen (secondary N) is 1. The molecule has 1 unspecified atom stereocenters. The van der Waals surface area contributed by atoms with Gasteiger partial charge in [-0.2, -0.15) is 11.8 Å². The molecular weight excluding hydrogens is 250 g/mol. The summed E-state index contributed by atoms with van der Waals surface area (Å²) in [5, 5.41) is 11.3. The smallest absolute Gasteiger partial charge is 0.327 e. The number of carbonyl (C=O) groups is 2. The molecule has 4 nitrogen and oxygen atoms in total. The van der Waals surface area contributed by atoms with Gasteiger partial charge in [-0.15, -0.1) is 0 Å². The first-order chi connectivity index (χ1) is 8.63. The lowest BCUT2D eigenvalue weighted by molar-refractivity contribution is -0.140. The summed E-state index contributed by atoms with van der Waals surface area (Å²) < 4.78 is 0. The molecule has 18 heavy (non-hydrogen) atoms. The Morgan fingerprint density at radius 1 is 1.39 bits per heavy atom. The highest BCUT2D eigenvalue weighted by Crippen LogP contribution is 2.12. The van der Waals surface area contributed by atoms with Crippen LogP contribution in [0.3, 0.4) is 0 Å². The van der Waals surface area contributed by atoms with Crippen molar-refractivity contribution < 1.29 is 14.7 Å². The number of carboxylic acids is 1. The molecule has 96 valence electrons. The molecule has 0 saturated heterocycles. The molecule has 0 radical (unpaired) electrons. The summed E-state index contributed by atoms with van der Waals surface area (Å²) in [5.41, 5.74) is 1.13. The highest BCUT2D eigenvalue weighted by molar-refractivity contribution is 7.98. The fourth-order valence-electron chi connectivity index (χ4n) is 1.27. The Hall–Kier alpha value is -1.75. The Labute approximate surface area is 110 Å². The van der Waals surface area contributed by atoms with Gasteiger partial charge in [-0.05, 0) is 11.6 Å². The van der Waals surface area contributed by atoms with Crippen LogP contribution in [0.5, 0.6) is 0 Å². The Balaban J connectivity index is 2.41. The first-order valence-electron chi connectivity index (χ1n) is 5.41. The van der Waals surface area contributed by atoms with E-state index in [4.69, 9.17) is 5.11 Å².